The van der Waals surface area contributed by atoms with E-state index < -0.39 is 0 Å². The third-order valence-electron chi connectivity index (χ3n) is 5.67. The van der Waals surface area contributed by atoms with Crippen molar-refractivity contribution in [3.63, 3.8) is 0 Å². The highest BCUT2D eigenvalue weighted by Gasteiger charge is 2.19. The fraction of sp³-hybridized carbons (Fsp3) is 0.333. The SMILES string of the molecule is COCCCNC(=S)N(Cc1ccc2c(c1)OCO2)Cc1cc2cc3c(cc2[nH]c1=O)OCO3. The molecule has 2 aromatic carbocycles. The van der Waals surface area contributed by atoms with Crippen molar-refractivity contribution in [2.75, 3.05) is 33.8 Å². The van der Waals surface area contributed by atoms with E-state index in [1.54, 1.807) is 13.2 Å². The van der Waals surface area contributed by atoms with E-state index in [9.17, 15) is 4.79 Å². The molecule has 0 fully saturated rings. The third-order valence-corrected chi connectivity index (χ3v) is 6.08. The summed E-state index contributed by atoms with van der Waals surface area (Å²) in [6, 6.07) is 11.3. The number of hydrogen-bond donors (Lipinski definition) is 2. The number of ether oxygens (including phenoxy) is 5. The van der Waals surface area contributed by atoms with Gasteiger partial charge in [0.1, 0.15) is 0 Å². The number of fused-ring (bicyclic) bond motifs is 3. The minimum atomic E-state index is -0.177. The number of methoxy groups -OCH3 is 1. The molecule has 3 aromatic rings. The molecule has 1 aromatic heterocycles. The van der Waals surface area contributed by atoms with E-state index in [1.807, 2.05) is 35.2 Å². The topological polar surface area (TPSA) is 94.3 Å². The lowest BCUT2D eigenvalue weighted by Crippen LogP contribution is -2.40. The lowest BCUT2D eigenvalue weighted by Gasteiger charge is -2.26. The summed E-state index contributed by atoms with van der Waals surface area (Å²) in [7, 11) is 1.67. The van der Waals surface area contributed by atoms with Gasteiger partial charge in [-0.25, -0.2) is 0 Å². The maximum Gasteiger partial charge on any atom is 0.253 e. The van der Waals surface area contributed by atoms with Gasteiger partial charge in [-0.05, 0) is 48.5 Å². The first-order chi connectivity index (χ1) is 16.6. The number of pyridine rings is 1. The molecule has 0 saturated carbocycles. The molecule has 9 nitrogen and oxygen atoms in total. The molecule has 3 heterocycles. The molecule has 2 aliphatic heterocycles. The summed E-state index contributed by atoms with van der Waals surface area (Å²) in [5.41, 5.74) is 2.10. The Balaban J connectivity index is 1.40. The standard InChI is InChI=1S/C24H25N3O6S/c1-29-6-2-5-25-24(34)27(11-15-3-4-19-20(7-15)31-13-30-19)12-17-8-16-9-21-22(33-14-32-21)10-18(16)26-23(17)28/h3-4,7-10H,2,5-6,11-14H2,1H3,(H,25,34)(H,26,28). The number of nitrogens with zero attached hydrogens (tertiary/aromatic N) is 1. The van der Waals surface area contributed by atoms with Crippen LogP contribution in [-0.4, -0.2) is 48.8 Å². The summed E-state index contributed by atoms with van der Waals surface area (Å²) in [6.45, 7) is 2.51. The van der Waals surface area contributed by atoms with Crippen molar-refractivity contribution in [3.8, 4) is 23.0 Å². The highest BCUT2D eigenvalue weighted by Crippen LogP contribution is 2.35. The van der Waals surface area contributed by atoms with Crippen molar-refractivity contribution in [2.24, 2.45) is 0 Å². The van der Waals surface area contributed by atoms with Gasteiger partial charge in [-0.1, -0.05) is 6.07 Å². The van der Waals surface area contributed by atoms with Crippen LogP contribution in [0.2, 0.25) is 0 Å². The van der Waals surface area contributed by atoms with Crippen molar-refractivity contribution < 1.29 is 23.7 Å². The molecular weight excluding hydrogens is 458 g/mol. The Morgan fingerprint density at radius 1 is 1.03 bits per heavy atom. The number of H-pyrrole nitrogens is 1. The van der Waals surface area contributed by atoms with Gasteiger partial charge in [-0.3, -0.25) is 4.79 Å². The number of benzene rings is 2. The normalized spacial score (nSPS) is 13.3. The van der Waals surface area contributed by atoms with Crippen LogP contribution in [0, 0.1) is 0 Å². The smallest absolute Gasteiger partial charge is 0.253 e. The predicted octanol–water partition coefficient (Wildman–Crippen LogP) is 2.90. The van der Waals surface area contributed by atoms with E-state index in [1.165, 1.54) is 0 Å². The summed E-state index contributed by atoms with van der Waals surface area (Å²) < 4.78 is 27.0. The van der Waals surface area contributed by atoms with E-state index in [4.69, 9.17) is 35.9 Å². The zero-order valence-electron chi connectivity index (χ0n) is 18.7. The fourth-order valence-electron chi connectivity index (χ4n) is 3.95. The van der Waals surface area contributed by atoms with Crippen LogP contribution >= 0.6 is 12.2 Å². The van der Waals surface area contributed by atoms with E-state index in [2.05, 4.69) is 10.3 Å². The van der Waals surface area contributed by atoms with Gasteiger partial charge in [0.05, 0.1) is 12.1 Å². The summed E-state index contributed by atoms with van der Waals surface area (Å²) in [6.07, 6.45) is 0.818. The molecule has 0 amide bonds. The van der Waals surface area contributed by atoms with Crippen molar-refractivity contribution in [3.05, 3.63) is 57.9 Å². The van der Waals surface area contributed by atoms with Crippen molar-refractivity contribution in [2.45, 2.75) is 19.5 Å². The Labute approximate surface area is 201 Å². The van der Waals surface area contributed by atoms with Gasteiger partial charge in [0, 0.05) is 43.8 Å². The minimum absolute atomic E-state index is 0.176. The second-order valence-corrected chi connectivity index (χ2v) is 8.43. The second kappa shape index (κ2) is 9.78. The van der Waals surface area contributed by atoms with Crippen LogP contribution in [0.3, 0.4) is 0 Å². The van der Waals surface area contributed by atoms with Gasteiger partial charge in [0.15, 0.2) is 28.1 Å². The second-order valence-electron chi connectivity index (χ2n) is 8.04. The Morgan fingerprint density at radius 3 is 2.56 bits per heavy atom. The van der Waals surface area contributed by atoms with Gasteiger partial charge >= 0.3 is 0 Å². The molecule has 0 aliphatic carbocycles. The van der Waals surface area contributed by atoms with Crippen LogP contribution < -0.4 is 29.8 Å². The van der Waals surface area contributed by atoms with Crippen LogP contribution in [0.1, 0.15) is 17.5 Å². The lowest BCUT2D eigenvalue weighted by atomic mass is 10.1. The quantitative estimate of drug-likeness (QED) is 0.370. The summed E-state index contributed by atoms with van der Waals surface area (Å²) in [5, 5.41) is 4.69. The molecule has 5 rings (SSSR count). The Hall–Kier alpha value is -3.50. The fourth-order valence-corrected chi connectivity index (χ4v) is 4.18. The van der Waals surface area contributed by atoms with Crippen LogP contribution in [0.4, 0.5) is 0 Å². The molecular formula is C24H25N3O6S. The van der Waals surface area contributed by atoms with Gasteiger partial charge in [0.2, 0.25) is 13.6 Å². The highest BCUT2D eigenvalue weighted by atomic mass is 32.1. The molecule has 178 valence electrons. The van der Waals surface area contributed by atoms with E-state index >= 15 is 0 Å². The zero-order chi connectivity index (χ0) is 23.5. The largest absolute Gasteiger partial charge is 0.454 e. The number of hydrogen-bond acceptors (Lipinski definition) is 7. The van der Waals surface area contributed by atoms with Crippen LogP contribution in [0.25, 0.3) is 10.9 Å². The first-order valence-corrected chi connectivity index (χ1v) is 11.4. The lowest BCUT2D eigenvalue weighted by molar-refractivity contribution is 0.173. The number of rotatable bonds is 8. The third kappa shape index (κ3) is 4.73. The predicted molar refractivity (Wildman–Crippen MR) is 130 cm³/mol. The van der Waals surface area contributed by atoms with Crippen molar-refractivity contribution >= 4 is 28.2 Å². The zero-order valence-corrected chi connectivity index (χ0v) is 19.5. The molecule has 34 heavy (non-hydrogen) atoms. The highest BCUT2D eigenvalue weighted by molar-refractivity contribution is 7.80. The van der Waals surface area contributed by atoms with Crippen LogP contribution in [-0.2, 0) is 17.8 Å². The maximum absolute atomic E-state index is 12.9. The molecule has 2 N–H and O–H groups in total. The van der Waals surface area contributed by atoms with Gasteiger partial charge in [-0.15, -0.1) is 0 Å². The maximum atomic E-state index is 12.9. The monoisotopic (exact) mass is 483 g/mol. The number of nitrogens with one attached hydrogen (secondary N) is 2. The first kappa shape index (κ1) is 22.3. The summed E-state index contributed by atoms with van der Waals surface area (Å²) in [4.78, 5) is 17.8. The van der Waals surface area contributed by atoms with Crippen molar-refractivity contribution in [1.82, 2.24) is 15.2 Å². The van der Waals surface area contributed by atoms with E-state index in [-0.39, 0.29) is 19.1 Å². The Bertz CT molecular complexity index is 1280. The molecule has 0 radical (unpaired) electrons. The average molecular weight is 484 g/mol. The minimum Gasteiger partial charge on any atom is -0.454 e. The summed E-state index contributed by atoms with van der Waals surface area (Å²) in [5.74, 6) is 2.72. The van der Waals surface area contributed by atoms with E-state index in [0.29, 0.717) is 59.7 Å². The van der Waals surface area contributed by atoms with Gasteiger partial charge in [-0.2, -0.15) is 0 Å². The number of thiocarbonyl (C=S) groups is 1. The van der Waals surface area contributed by atoms with E-state index in [0.717, 1.165) is 23.1 Å². The molecule has 0 spiro atoms. The number of aromatic amines is 1. The average Bonchev–Trinajstić information content (AvgIpc) is 3.49. The first-order valence-electron chi connectivity index (χ1n) is 11.0. The molecule has 0 unspecified atom stereocenters. The molecule has 10 heteroatoms. The summed E-state index contributed by atoms with van der Waals surface area (Å²) >= 11 is 5.70. The Kier molecular flexibility index (Phi) is 6.41. The van der Waals surface area contributed by atoms with Gasteiger partial charge in [0.25, 0.3) is 5.56 Å². The Morgan fingerprint density at radius 2 is 1.76 bits per heavy atom. The van der Waals surface area contributed by atoms with Gasteiger partial charge < -0.3 is 38.9 Å². The number of aromatic nitrogens is 1. The van der Waals surface area contributed by atoms with Crippen LogP contribution in [0.5, 0.6) is 23.0 Å². The molecule has 0 bridgehead atoms. The molecule has 0 saturated heterocycles. The van der Waals surface area contributed by atoms with Crippen LogP contribution in [0.15, 0.2) is 41.2 Å². The van der Waals surface area contributed by atoms with Crippen molar-refractivity contribution in [1.29, 1.82) is 0 Å². The molecule has 0 atom stereocenters. The molecule has 2 aliphatic rings.